The van der Waals surface area contributed by atoms with Gasteiger partial charge in [0.2, 0.25) is 5.91 Å². The number of piperidine rings is 1. The van der Waals surface area contributed by atoms with Crippen LogP contribution in [0.5, 0.6) is 0 Å². The summed E-state index contributed by atoms with van der Waals surface area (Å²) in [5, 5.41) is 0. The van der Waals surface area contributed by atoms with Gasteiger partial charge in [0, 0.05) is 38.4 Å². The van der Waals surface area contributed by atoms with E-state index in [4.69, 9.17) is 0 Å². The molecule has 1 spiro atoms. The van der Waals surface area contributed by atoms with Crippen LogP contribution in [0.2, 0.25) is 0 Å². The molecule has 1 aliphatic heterocycles. The maximum atomic E-state index is 13.2. The lowest BCUT2D eigenvalue weighted by Crippen LogP contribution is -2.52. The highest BCUT2D eigenvalue weighted by Gasteiger charge is 2.50. The molecule has 4 nitrogen and oxygen atoms in total. The van der Waals surface area contributed by atoms with Gasteiger partial charge in [0.15, 0.2) is 0 Å². The van der Waals surface area contributed by atoms with E-state index in [9.17, 15) is 14.4 Å². The summed E-state index contributed by atoms with van der Waals surface area (Å²) in [5.74, 6) is 5.56. The number of carbonyl (C=O) groups is 3. The smallest absolute Gasteiger partial charge is 0.219 e. The third-order valence-electron chi connectivity index (χ3n) is 6.71. The predicted octanol–water partition coefficient (Wildman–Crippen LogP) is 3.57. The van der Waals surface area contributed by atoms with Crippen LogP contribution < -0.4 is 0 Å². The standard InChI is InChI=1S/C24H29NO3/c1-6-7-19-10-15(2)22(16(3)11-19)23-20(27)12-24(13-21(23)28)8-9-25(18(5)26)14-17(24)4/h10-11,17,23H,8-9,12-14H2,1-5H3. The third kappa shape index (κ3) is 3.51. The number of benzene rings is 1. The van der Waals surface area contributed by atoms with Gasteiger partial charge < -0.3 is 4.90 Å². The van der Waals surface area contributed by atoms with Crippen LogP contribution in [0, 0.1) is 37.0 Å². The molecule has 0 radical (unpaired) electrons. The van der Waals surface area contributed by atoms with Gasteiger partial charge in [-0.2, -0.15) is 0 Å². The van der Waals surface area contributed by atoms with Crippen LogP contribution in [-0.2, 0) is 14.4 Å². The quantitative estimate of drug-likeness (QED) is 0.554. The van der Waals surface area contributed by atoms with E-state index in [1.54, 1.807) is 13.8 Å². The number of hydrogen-bond donors (Lipinski definition) is 0. The van der Waals surface area contributed by atoms with Crippen LogP contribution in [0.4, 0.5) is 0 Å². The molecule has 1 aromatic rings. The largest absolute Gasteiger partial charge is 0.343 e. The SMILES string of the molecule is CC#Cc1cc(C)c(C2C(=O)CC3(CCN(C(C)=O)CC3C)CC2=O)c(C)c1. The Morgan fingerprint density at radius 3 is 2.18 bits per heavy atom. The average molecular weight is 380 g/mol. The van der Waals surface area contributed by atoms with Crippen LogP contribution >= 0.6 is 0 Å². The first-order chi connectivity index (χ1) is 13.2. The summed E-state index contributed by atoms with van der Waals surface area (Å²) in [6.45, 7) is 10.6. The summed E-state index contributed by atoms with van der Waals surface area (Å²) in [7, 11) is 0. The fraction of sp³-hybridized carbons (Fsp3) is 0.542. The van der Waals surface area contributed by atoms with Crippen molar-refractivity contribution in [2.75, 3.05) is 13.1 Å². The van der Waals surface area contributed by atoms with Crippen molar-refractivity contribution < 1.29 is 14.4 Å². The lowest BCUT2D eigenvalue weighted by Gasteiger charge is -2.49. The lowest BCUT2D eigenvalue weighted by atomic mass is 9.59. The fourth-order valence-corrected chi connectivity index (χ4v) is 5.14. The molecule has 148 valence electrons. The Hall–Kier alpha value is -2.41. The Bertz CT molecular complexity index is 861. The highest BCUT2D eigenvalue weighted by molar-refractivity contribution is 6.10. The molecule has 1 heterocycles. The monoisotopic (exact) mass is 379 g/mol. The Labute approximate surface area is 167 Å². The van der Waals surface area contributed by atoms with E-state index in [2.05, 4.69) is 18.8 Å². The molecule has 1 aromatic carbocycles. The van der Waals surface area contributed by atoms with Gasteiger partial charge in [-0.05, 0) is 67.3 Å². The number of nitrogens with zero attached hydrogens (tertiary/aromatic N) is 1. The second-order valence-corrected chi connectivity index (χ2v) is 8.60. The van der Waals surface area contributed by atoms with Gasteiger partial charge in [0.25, 0.3) is 0 Å². The second-order valence-electron chi connectivity index (χ2n) is 8.60. The Morgan fingerprint density at radius 1 is 1.14 bits per heavy atom. The number of aryl methyl sites for hydroxylation is 2. The van der Waals surface area contributed by atoms with Crippen LogP contribution in [-0.4, -0.2) is 35.5 Å². The van der Waals surface area contributed by atoms with E-state index in [0.29, 0.717) is 25.9 Å². The van der Waals surface area contributed by atoms with Crippen molar-refractivity contribution in [3.05, 3.63) is 34.4 Å². The molecule has 1 amide bonds. The number of hydrogen-bond acceptors (Lipinski definition) is 3. The number of Topliss-reactive ketones (excluding diaryl/α,β-unsaturated/α-hetero) is 2. The molecule has 1 saturated carbocycles. The molecule has 0 N–H and O–H groups in total. The number of amides is 1. The third-order valence-corrected chi connectivity index (χ3v) is 6.71. The first-order valence-electron chi connectivity index (χ1n) is 10.0. The molecule has 1 unspecified atom stereocenters. The van der Waals surface area contributed by atoms with Crippen molar-refractivity contribution >= 4 is 17.5 Å². The van der Waals surface area contributed by atoms with Crippen molar-refractivity contribution in [3.8, 4) is 11.8 Å². The molecule has 3 rings (SSSR count). The Morgan fingerprint density at radius 2 is 1.71 bits per heavy atom. The van der Waals surface area contributed by atoms with Gasteiger partial charge in [0.1, 0.15) is 17.5 Å². The molecule has 28 heavy (non-hydrogen) atoms. The maximum absolute atomic E-state index is 13.2. The van der Waals surface area contributed by atoms with Crippen molar-refractivity contribution in [1.82, 2.24) is 4.90 Å². The van der Waals surface area contributed by atoms with Crippen LogP contribution in [0.25, 0.3) is 0 Å². The molecule has 0 bridgehead atoms. The van der Waals surface area contributed by atoms with Gasteiger partial charge in [-0.1, -0.05) is 12.8 Å². The zero-order valence-electron chi connectivity index (χ0n) is 17.5. The normalized spacial score (nSPS) is 27.5. The number of ketones is 2. The molecule has 0 aromatic heterocycles. The number of carbonyl (C=O) groups excluding carboxylic acids is 3. The zero-order valence-corrected chi connectivity index (χ0v) is 17.5. The predicted molar refractivity (Wildman–Crippen MR) is 109 cm³/mol. The van der Waals surface area contributed by atoms with E-state index in [-0.39, 0.29) is 28.8 Å². The van der Waals surface area contributed by atoms with Crippen molar-refractivity contribution in [2.45, 2.75) is 59.8 Å². The number of rotatable bonds is 1. The van der Waals surface area contributed by atoms with E-state index in [1.807, 2.05) is 30.9 Å². The van der Waals surface area contributed by atoms with Gasteiger partial charge in [-0.3, -0.25) is 14.4 Å². The first-order valence-corrected chi connectivity index (χ1v) is 10.0. The fourth-order valence-electron chi connectivity index (χ4n) is 5.14. The second kappa shape index (κ2) is 7.54. The summed E-state index contributed by atoms with van der Waals surface area (Å²) in [6.07, 6.45) is 1.57. The number of likely N-dealkylation sites (tertiary alicyclic amines) is 1. The summed E-state index contributed by atoms with van der Waals surface area (Å²) in [5.41, 5.74) is 3.39. The van der Waals surface area contributed by atoms with Crippen molar-refractivity contribution in [1.29, 1.82) is 0 Å². The van der Waals surface area contributed by atoms with Crippen molar-refractivity contribution in [2.24, 2.45) is 11.3 Å². The van der Waals surface area contributed by atoms with E-state index >= 15 is 0 Å². The summed E-state index contributed by atoms with van der Waals surface area (Å²) in [6, 6.07) is 3.94. The molecular formula is C24H29NO3. The molecule has 2 aliphatic rings. The van der Waals surface area contributed by atoms with Crippen LogP contribution in [0.3, 0.4) is 0 Å². The highest BCUT2D eigenvalue weighted by Crippen LogP contribution is 2.49. The summed E-state index contributed by atoms with van der Waals surface area (Å²) < 4.78 is 0. The Kier molecular flexibility index (Phi) is 5.48. The lowest BCUT2D eigenvalue weighted by molar-refractivity contribution is -0.143. The maximum Gasteiger partial charge on any atom is 0.219 e. The summed E-state index contributed by atoms with van der Waals surface area (Å²) >= 11 is 0. The minimum Gasteiger partial charge on any atom is -0.343 e. The average Bonchev–Trinajstić information content (AvgIpc) is 2.59. The molecule has 4 heteroatoms. The Balaban J connectivity index is 1.89. The molecule has 1 saturated heterocycles. The zero-order chi connectivity index (χ0) is 20.6. The molecule has 2 fully saturated rings. The van der Waals surface area contributed by atoms with E-state index in [1.165, 1.54) is 0 Å². The summed E-state index contributed by atoms with van der Waals surface area (Å²) in [4.78, 5) is 40.0. The van der Waals surface area contributed by atoms with Gasteiger partial charge in [0.05, 0.1) is 0 Å². The topological polar surface area (TPSA) is 54.5 Å². The van der Waals surface area contributed by atoms with Crippen LogP contribution in [0.15, 0.2) is 12.1 Å². The minimum absolute atomic E-state index is 0.0277. The van der Waals surface area contributed by atoms with Gasteiger partial charge in [-0.25, -0.2) is 0 Å². The first kappa shape index (κ1) is 20.3. The van der Waals surface area contributed by atoms with E-state index < -0.39 is 5.92 Å². The molecular weight excluding hydrogens is 350 g/mol. The van der Waals surface area contributed by atoms with E-state index in [0.717, 1.165) is 28.7 Å². The van der Waals surface area contributed by atoms with Gasteiger partial charge in [-0.15, -0.1) is 5.92 Å². The molecule has 1 atom stereocenters. The van der Waals surface area contributed by atoms with Crippen molar-refractivity contribution in [3.63, 3.8) is 0 Å². The van der Waals surface area contributed by atoms with Crippen LogP contribution in [0.1, 0.15) is 68.2 Å². The van der Waals surface area contributed by atoms with Gasteiger partial charge >= 0.3 is 0 Å². The molecule has 1 aliphatic carbocycles. The highest BCUT2D eigenvalue weighted by atomic mass is 16.2. The minimum atomic E-state index is -0.660.